The van der Waals surface area contributed by atoms with Crippen LogP contribution in [0.25, 0.3) is 11.5 Å². The van der Waals surface area contributed by atoms with E-state index in [1.165, 1.54) is 6.26 Å². The molecule has 0 radical (unpaired) electrons. The Morgan fingerprint density at radius 1 is 1.47 bits per heavy atom. The molecule has 0 aliphatic carbocycles. The van der Waals surface area contributed by atoms with Crippen LogP contribution >= 0.6 is 11.6 Å². The monoisotopic (exact) mass is 227 g/mol. The smallest absolute Gasteiger partial charge is 0.262 e. The summed E-state index contributed by atoms with van der Waals surface area (Å²) in [6.07, 6.45) is 3.01. The molecule has 0 aromatic carbocycles. The van der Waals surface area contributed by atoms with Crippen LogP contribution in [-0.4, -0.2) is 16.7 Å². The van der Waals surface area contributed by atoms with Gasteiger partial charge < -0.3 is 14.7 Å². The minimum absolute atomic E-state index is 0.254. The molecule has 2 heterocycles. The molecular formula is C9H10ClN3O2. The van der Waals surface area contributed by atoms with E-state index in [9.17, 15) is 0 Å². The summed E-state index contributed by atoms with van der Waals surface area (Å²) >= 11 is 5.77. The molecule has 0 atom stereocenters. The predicted octanol–water partition coefficient (Wildman–Crippen LogP) is 1.87. The van der Waals surface area contributed by atoms with Gasteiger partial charge in [-0.2, -0.15) is 4.98 Å². The van der Waals surface area contributed by atoms with E-state index < -0.39 is 0 Å². The Bertz CT molecular complexity index is 438. The Morgan fingerprint density at radius 3 is 3.00 bits per heavy atom. The van der Waals surface area contributed by atoms with Crippen molar-refractivity contribution < 1.29 is 8.94 Å². The Labute approximate surface area is 91.2 Å². The zero-order valence-electron chi connectivity index (χ0n) is 7.94. The van der Waals surface area contributed by atoms with Gasteiger partial charge in [0.25, 0.3) is 5.89 Å². The van der Waals surface area contributed by atoms with Crippen LogP contribution in [0.1, 0.15) is 12.2 Å². The zero-order chi connectivity index (χ0) is 10.7. The molecule has 0 fully saturated rings. The van der Waals surface area contributed by atoms with Crippen LogP contribution in [0, 0.1) is 0 Å². The van der Waals surface area contributed by atoms with Gasteiger partial charge in [-0.25, -0.2) is 0 Å². The maximum absolute atomic E-state index is 5.77. The minimum Gasteiger partial charge on any atom is -0.452 e. The predicted molar refractivity (Wildman–Crippen MR) is 54.4 cm³/mol. The summed E-state index contributed by atoms with van der Waals surface area (Å²) in [4.78, 5) is 4.17. The van der Waals surface area contributed by atoms with Crippen LogP contribution in [0.4, 0.5) is 0 Å². The molecule has 0 saturated heterocycles. The van der Waals surface area contributed by atoms with Crippen LogP contribution in [0.2, 0.25) is 5.22 Å². The molecule has 0 bridgehead atoms. The van der Waals surface area contributed by atoms with Gasteiger partial charge >= 0.3 is 0 Å². The van der Waals surface area contributed by atoms with Gasteiger partial charge in [0.1, 0.15) is 0 Å². The zero-order valence-corrected chi connectivity index (χ0v) is 8.70. The van der Waals surface area contributed by atoms with E-state index in [1.54, 1.807) is 6.07 Å². The fourth-order valence-corrected chi connectivity index (χ4v) is 1.37. The standard InChI is InChI=1S/C9H10ClN3O2/c10-8-6(3-5-14-8)9-12-7(13-15-9)2-1-4-11/h3,5H,1-2,4,11H2. The van der Waals surface area contributed by atoms with Crippen LogP contribution < -0.4 is 5.73 Å². The van der Waals surface area contributed by atoms with Gasteiger partial charge in [-0.1, -0.05) is 5.16 Å². The first-order chi connectivity index (χ1) is 7.31. The van der Waals surface area contributed by atoms with Crippen molar-refractivity contribution in [3.8, 4) is 11.5 Å². The molecule has 6 heteroatoms. The van der Waals surface area contributed by atoms with E-state index >= 15 is 0 Å². The number of halogens is 1. The van der Waals surface area contributed by atoms with E-state index in [2.05, 4.69) is 10.1 Å². The molecule has 2 rings (SSSR count). The van der Waals surface area contributed by atoms with Crippen LogP contribution in [0.5, 0.6) is 0 Å². The van der Waals surface area contributed by atoms with Crippen LogP contribution in [-0.2, 0) is 6.42 Å². The van der Waals surface area contributed by atoms with Crippen molar-refractivity contribution in [3.05, 3.63) is 23.4 Å². The van der Waals surface area contributed by atoms with Crippen molar-refractivity contribution in [2.45, 2.75) is 12.8 Å². The molecule has 0 aliphatic heterocycles. The molecule has 80 valence electrons. The first kappa shape index (κ1) is 10.2. The molecule has 0 unspecified atom stereocenters. The van der Waals surface area contributed by atoms with Crippen LogP contribution in [0.15, 0.2) is 21.3 Å². The second-order valence-electron chi connectivity index (χ2n) is 3.02. The van der Waals surface area contributed by atoms with E-state index in [0.29, 0.717) is 30.2 Å². The largest absolute Gasteiger partial charge is 0.452 e. The van der Waals surface area contributed by atoms with Gasteiger partial charge in [-0.05, 0) is 30.6 Å². The SMILES string of the molecule is NCCCc1noc(-c2ccoc2Cl)n1. The molecular weight excluding hydrogens is 218 g/mol. The first-order valence-electron chi connectivity index (χ1n) is 4.57. The molecule has 15 heavy (non-hydrogen) atoms. The van der Waals surface area contributed by atoms with Crippen molar-refractivity contribution in [2.24, 2.45) is 5.73 Å². The summed E-state index contributed by atoms with van der Waals surface area (Å²) in [5.41, 5.74) is 5.99. The van der Waals surface area contributed by atoms with Crippen molar-refractivity contribution in [1.82, 2.24) is 10.1 Å². The number of hydrogen-bond donors (Lipinski definition) is 1. The molecule has 0 saturated carbocycles. The Kier molecular flexibility index (Phi) is 3.03. The number of rotatable bonds is 4. The number of furan rings is 1. The Balaban J connectivity index is 2.17. The van der Waals surface area contributed by atoms with Crippen LogP contribution in [0.3, 0.4) is 0 Å². The summed E-state index contributed by atoms with van der Waals surface area (Å²) in [7, 11) is 0. The lowest BCUT2D eigenvalue weighted by molar-refractivity contribution is 0.421. The number of hydrogen-bond acceptors (Lipinski definition) is 5. The quantitative estimate of drug-likeness (QED) is 0.863. The summed E-state index contributed by atoms with van der Waals surface area (Å²) in [6.45, 7) is 0.607. The Morgan fingerprint density at radius 2 is 2.33 bits per heavy atom. The van der Waals surface area contributed by atoms with Gasteiger partial charge in [0.05, 0.1) is 11.8 Å². The molecule has 0 amide bonds. The van der Waals surface area contributed by atoms with E-state index in [1.807, 2.05) is 0 Å². The average Bonchev–Trinajstić information content (AvgIpc) is 2.83. The van der Waals surface area contributed by atoms with Gasteiger partial charge in [0.2, 0.25) is 5.22 Å². The highest BCUT2D eigenvalue weighted by molar-refractivity contribution is 6.31. The second-order valence-corrected chi connectivity index (χ2v) is 3.36. The summed E-state index contributed by atoms with van der Waals surface area (Å²) in [6, 6.07) is 1.68. The van der Waals surface area contributed by atoms with Crippen molar-refractivity contribution in [3.63, 3.8) is 0 Å². The lowest BCUT2D eigenvalue weighted by atomic mass is 10.3. The van der Waals surface area contributed by atoms with Crippen molar-refractivity contribution in [1.29, 1.82) is 0 Å². The molecule has 2 N–H and O–H groups in total. The molecule has 2 aromatic heterocycles. The third kappa shape index (κ3) is 2.19. The molecule has 5 nitrogen and oxygen atoms in total. The van der Waals surface area contributed by atoms with Gasteiger partial charge in [-0.15, -0.1) is 0 Å². The summed E-state index contributed by atoms with van der Waals surface area (Å²) in [5, 5.41) is 4.06. The van der Waals surface area contributed by atoms with Crippen molar-refractivity contribution >= 4 is 11.6 Å². The molecule has 0 aliphatic rings. The highest BCUT2D eigenvalue weighted by Gasteiger charge is 2.13. The highest BCUT2D eigenvalue weighted by atomic mass is 35.5. The number of aromatic nitrogens is 2. The third-order valence-electron chi connectivity index (χ3n) is 1.92. The lowest BCUT2D eigenvalue weighted by Gasteiger charge is -1.88. The topological polar surface area (TPSA) is 78.1 Å². The van der Waals surface area contributed by atoms with Crippen molar-refractivity contribution in [2.75, 3.05) is 6.54 Å². The third-order valence-corrected chi connectivity index (χ3v) is 2.21. The molecule has 0 spiro atoms. The normalized spacial score (nSPS) is 10.8. The average molecular weight is 228 g/mol. The fourth-order valence-electron chi connectivity index (χ4n) is 1.17. The number of nitrogens with zero attached hydrogens (tertiary/aromatic N) is 2. The number of aryl methyl sites for hydroxylation is 1. The number of nitrogens with two attached hydrogens (primary N) is 1. The fraction of sp³-hybridized carbons (Fsp3) is 0.333. The molecule has 2 aromatic rings. The summed E-state index contributed by atoms with van der Waals surface area (Å²) in [5.74, 6) is 1.01. The minimum atomic E-state index is 0.254. The maximum atomic E-state index is 5.77. The van der Waals surface area contributed by atoms with E-state index in [-0.39, 0.29) is 5.22 Å². The second kappa shape index (κ2) is 4.46. The Hall–Kier alpha value is -1.33. The lowest BCUT2D eigenvalue weighted by Crippen LogP contribution is -2.01. The van der Waals surface area contributed by atoms with Gasteiger partial charge in [0.15, 0.2) is 5.82 Å². The highest BCUT2D eigenvalue weighted by Crippen LogP contribution is 2.27. The first-order valence-corrected chi connectivity index (χ1v) is 4.95. The van der Waals surface area contributed by atoms with E-state index in [4.69, 9.17) is 26.3 Å². The van der Waals surface area contributed by atoms with E-state index in [0.717, 1.165) is 6.42 Å². The van der Waals surface area contributed by atoms with Gasteiger partial charge in [0, 0.05) is 6.42 Å². The maximum Gasteiger partial charge on any atom is 0.262 e. The summed E-state index contributed by atoms with van der Waals surface area (Å²) < 4.78 is 9.97. The van der Waals surface area contributed by atoms with Gasteiger partial charge in [-0.3, -0.25) is 0 Å².